The summed E-state index contributed by atoms with van der Waals surface area (Å²) in [4.78, 5) is 24.0. The van der Waals surface area contributed by atoms with Crippen molar-refractivity contribution in [3.8, 4) is 11.5 Å². The minimum absolute atomic E-state index is 0.120. The topological polar surface area (TPSA) is 76.7 Å². The molecule has 0 aromatic heterocycles. The Kier molecular flexibility index (Phi) is 8.07. The number of carbonyl (C=O) groups excluding carboxylic acids is 2. The Hall–Kier alpha value is -2.80. The lowest BCUT2D eigenvalue weighted by Crippen LogP contribution is -2.31. The summed E-state index contributed by atoms with van der Waals surface area (Å²) in [6.07, 6.45) is 3.01. The van der Waals surface area contributed by atoms with Gasteiger partial charge < -0.3 is 20.1 Å². The highest BCUT2D eigenvalue weighted by atomic mass is 79.9. The first-order valence-corrected chi connectivity index (χ1v) is 9.55. The van der Waals surface area contributed by atoms with Crippen molar-refractivity contribution >= 4 is 39.5 Å². The number of nitrogens with one attached hydrogen (secondary N) is 2. The number of aryl methyl sites for hydroxylation is 1. The van der Waals surface area contributed by atoms with Gasteiger partial charge in [0, 0.05) is 16.2 Å². The molecule has 148 valence electrons. The fourth-order valence-electron chi connectivity index (χ4n) is 2.42. The summed E-state index contributed by atoms with van der Waals surface area (Å²) in [5.74, 6) is 0.575. The molecule has 2 amide bonds. The van der Waals surface area contributed by atoms with Gasteiger partial charge in [0.05, 0.1) is 20.3 Å². The highest BCUT2D eigenvalue weighted by Crippen LogP contribution is 2.28. The van der Waals surface area contributed by atoms with Crippen LogP contribution < -0.4 is 20.1 Å². The molecule has 0 radical (unpaired) electrons. The van der Waals surface area contributed by atoms with E-state index >= 15 is 0 Å². The van der Waals surface area contributed by atoms with Gasteiger partial charge in [-0.2, -0.15) is 0 Å². The van der Waals surface area contributed by atoms with E-state index in [-0.39, 0.29) is 18.4 Å². The van der Waals surface area contributed by atoms with E-state index in [0.29, 0.717) is 23.8 Å². The average molecular weight is 447 g/mol. The van der Waals surface area contributed by atoms with Crippen LogP contribution in [0.5, 0.6) is 11.5 Å². The summed E-state index contributed by atoms with van der Waals surface area (Å²) in [5, 5.41) is 5.33. The van der Waals surface area contributed by atoms with Gasteiger partial charge in [0.15, 0.2) is 11.5 Å². The molecular weight excluding hydrogens is 424 g/mol. The number of carbonyl (C=O) groups is 2. The Morgan fingerprint density at radius 3 is 2.61 bits per heavy atom. The molecule has 0 aliphatic carbocycles. The van der Waals surface area contributed by atoms with Crippen molar-refractivity contribution in [3.05, 3.63) is 58.1 Å². The third-order valence-corrected chi connectivity index (χ3v) is 4.29. The van der Waals surface area contributed by atoms with Crippen LogP contribution in [0, 0.1) is 6.92 Å². The minimum Gasteiger partial charge on any atom is -0.493 e. The molecule has 2 rings (SSSR count). The van der Waals surface area contributed by atoms with Crippen LogP contribution in [0.3, 0.4) is 0 Å². The van der Waals surface area contributed by atoms with Crippen molar-refractivity contribution in [2.75, 3.05) is 25.6 Å². The second-order valence-corrected chi connectivity index (χ2v) is 6.82. The van der Waals surface area contributed by atoms with Crippen LogP contribution in [0.4, 0.5) is 5.69 Å². The second-order valence-electron chi connectivity index (χ2n) is 5.90. The molecule has 28 heavy (non-hydrogen) atoms. The fraction of sp³-hybridized carbons (Fsp3) is 0.238. The fourth-order valence-corrected chi connectivity index (χ4v) is 2.90. The van der Waals surface area contributed by atoms with Crippen LogP contribution in [0.1, 0.15) is 18.1 Å². The lowest BCUT2D eigenvalue weighted by molar-refractivity contribution is -0.121. The molecule has 0 aliphatic rings. The normalized spacial score (nSPS) is 10.6. The summed E-state index contributed by atoms with van der Waals surface area (Å²) in [6, 6.07) is 10.9. The van der Waals surface area contributed by atoms with Gasteiger partial charge in [0.2, 0.25) is 11.8 Å². The number of benzene rings is 2. The zero-order valence-corrected chi connectivity index (χ0v) is 17.6. The largest absolute Gasteiger partial charge is 0.493 e. The number of hydrogen-bond donors (Lipinski definition) is 2. The Bertz CT molecular complexity index is 881. The van der Waals surface area contributed by atoms with E-state index in [9.17, 15) is 9.59 Å². The molecule has 7 heteroatoms. The first-order valence-electron chi connectivity index (χ1n) is 8.75. The van der Waals surface area contributed by atoms with Crippen LogP contribution >= 0.6 is 15.9 Å². The summed E-state index contributed by atoms with van der Waals surface area (Å²) < 4.78 is 11.7. The number of anilines is 1. The number of amides is 2. The predicted octanol–water partition coefficient (Wildman–Crippen LogP) is 3.93. The third kappa shape index (κ3) is 6.42. The predicted molar refractivity (Wildman–Crippen MR) is 114 cm³/mol. The lowest BCUT2D eigenvalue weighted by Gasteiger charge is -2.10. The Balaban J connectivity index is 1.88. The van der Waals surface area contributed by atoms with Gasteiger partial charge in [-0.3, -0.25) is 9.59 Å². The van der Waals surface area contributed by atoms with Crippen molar-refractivity contribution in [3.63, 3.8) is 0 Å². The molecule has 0 fully saturated rings. The molecule has 2 N–H and O–H groups in total. The van der Waals surface area contributed by atoms with E-state index in [1.165, 1.54) is 6.08 Å². The maximum Gasteiger partial charge on any atom is 0.244 e. The van der Waals surface area contributed by atoms with E-state index in [1.807, 2.05) is 32.0 Å². The van der Waals surface area contributed by atoms with Gasteiger partial charge in [-0.05, 0) is 61.4 Å². The maximum absolute atomic E-state index is 12.0. The van der Waals surface area contributed by atoms with Crippen LogP contribution in [0.2, 0.25) is 0 Å². The highest BCUT2D eigenvalue weighted by molar-refractivity contribution is 9.10. The number of hydrogen-bond acceptors (Lipinski definition) is 4. The van der Waals surface area contributed by atoms with Crippen molar-refractivity contribution in [2.45, 2.75) is 13.8 Å². The molecule has 0 atom stereocenters. The summed E-state index contributed by atoms with van der Waals surface area (Å²) in [5.41, 5.74) is 2.42. The third-order valence-electron chi connectivity index (χ3n) is 3.80. The Labute approximate surface area is 173 Å². The number of methoxy groups -OCH3 is 1. The van der Waals surface area contributed by atoms with E-state index in [0.717, 1.165) is 15.6 Å². The van der Waals surface area contributed by atoms with E-state index < -0.39 is 0 Å². The molecule has 0 spiro atoms. The molecular formula is C21H23BrN2O4. The first-order chi connectivity index (χ1) is 13.4. The lowest BCUT2D eigenvalue weighted by atomic mass is 10.2. The molecule has 2 aromatic rings. The smallest absolute Gasteiger partial charge is 0.244 e. The van der Waals surface area contributed by atoms with Crippen molar-refractivity contribution in [1.82, 2.24) is 5.32 Å². The molecule has 6 nitrogen and oxygen atoms in total. The maximum atomic E-state index is 12.0. The summed E-state index contributed by atoms with van der Waals surface area (Å²) in [6.45, 7) is 4.21. The summed E-state index contributed by atoms with van der Waals surface area (Å²) in [7, 11) is 1.56. The molecule has 0 saturated carbocycles. The quantitative estimate of drug-likeness (QED) is 0.602. The van der Waals surface area contributed by atoms with E-state index in [4.69, 9.17) is 9.47 Å². The van der Waals surface area contributed by atoms with Gasteiger partial charge >= 0.3 is 0 Å². The Morgan fingerprint density at radius 2 is 1.93 bits per heavy atom. The zero-order valence-electron chi connectivity index (χ0n) is 16.0. The molecule has 0 heterocycles. The highest BCUT2D eigenvalue weighted by Gasteiger charge is 2.07. The monoisotopic (exact) mass is 446 g/mol. The number of ether oxygens (including phenoxy) is 2. The van der Waals surface area contributed by atoms with Gasteiger partial charge in [0.25, 0.3) is 0 Å². The van der Waals surface area contributed by atoms with Gasteiger partial charge in [-0.1, -0.05) is 22.0 Å². The SMILES string of the molecule is CCOc1ccc(/C=C/C(=O)NCC(=O)Nc2ccc(Br)cc2C)cc1OC. The van der Waals surface area contributed by atoms with Gasteiger partial charge in [0.1, 0.15) is 0 Å². The van der Waals surface area contributed by atoms with Crippen LogP contribution in [-0.4, -0.2) is 32.1 Å². The van der Waals surface area contributed by atoms with Crippen LogP contribution in [-0.2, 0) is 9.59 Å². The van der Waals surface area contributed by atoms with Crippen LogP contribution in [0.25, 0.3) is 6.08 Å². The molecule has 0 aliphatic heterocycles. The zero-order chi connectivity index (χ0) is 20.5. The summed E-state index contributed by atoms with van der Waals surface area (Å²) >= 11 is 3.38. The average Bonchev–Trinajstić information content (AvgIpc) is 2.68. The van der Waals surface area contributed by atoms with Gasteiger partial charge in [-0.15, -0.1) is 0 Å². The van der Waals surface area contributed by atoms with Gasteiger partial charge in [-0.25, -0.2) is 0 Å². The standard InChI is InChI=1S/C21H23BrN2O4/c1-4-28-18-9-5-15(12-19(18)27-3)6-10-20(25)23-13-21(26)24-17-8-7-16(22)11-14(17)2/h5-12H,4,13H2,1-3H3,(H,23,25)(H,24,26)/b10-6+. The molecule has 0 unspecified atom stereocenters. The second kappa shape index (κ2) is 10.5. The molecule has 2 aromatic carbocycles. The van der Waals surface area contributed by atoms with Crippen molar-refractivity contribution in [1.29, 1.82) is 0 Å². The van der Waals surface area contributed by atoms with E-state index in [2.05, 4.69) is 26.6 Å². The minimum atomic E-state index is -0.365. The van der Waals surface area contributed by atoms with Crippen LogP contribution in [0.15, 0.2) is 46.9 Å². The Morgan fingerprint density at radius 1 is 1.14 bits per heavy atom. The first kappa shape index (κ1) is 21.5. The number of rotatable bonds is 8. The number of halogens is 1. The molecule has 0 saturated heterocycles. The van der Waals surface area contributed by atoms with Crippen molar-refractivity contribution < 1.29 is 19.1 Å². The molecule has 0 bridgehead atoms. The van der Waals surface area contributed by atoms with Crippen molar-refractivity contribution in [2.24, 2.45) is 0 Å². The van der Waals surface area contributed by atoms with E-state index in [1.54, 1.807) is 31.4 Å².